The molecule has 0 saturated heterocycles. The molecule has 3 nitrogen and oxygen atoms in total. The van der Waals surface area contributed by atoms with E-state index in [-0.39, 0.29) is 12.3 Å². The maximum absolute atomic E-state index is 11.3. The number of benzene rings is 2. The van der Waals surface area contributed by atoms with Gasteiger partial charge in [0, 0.05) is 30.1 Å². The molecule has 0 aliphatic rings. The van der Waals surface area contributed by atoms with Crippen LogP contribution in [-0.4, -0.2) is 15.6 Å². The molecule has 0 amide bonds. The van der Waals surface area contributed by atoms with Crippen LogP contribution in [0, 0.1) is 0 Å². The van der Waals surface area contributed by atoms with Crippen LogP contribution in [0.5, 0.6) is 0 Å². The van der Waals surface area contributed by atoms with Gasteiger partial charge in [0.1, 0.15) is 0 Å². The minimum absolute atomic E-state index is 0.0953. The van der Waals surface area contributed by atoms with E-state index in [2.05, 4.69) is 16.7 Å². The minimum Gasteiger partial charge on any atom is -0.481 e. The number of carboxylic acid groups (broad SMARTS) is 1. The standard InChI is InChI=1S/C18H17NO2/c1-19-12-16(14-9-5-6-10-17(14)19)15(11-18(20)21)13-7-3-2-4-8-13/h2-10,12,15H,11H2,1H3,(H,20,21). The van der Waals surface area contributed by atoms with Crippen molar-refractivity contribution in [1.29, 1.82) is 0 Å². The minimum atomic E-state index is -0.781. The SMILES string of the molecule is Cn1cc(C(CC(=O)O)c2ccccc2)c2ccccc21. The lowest BCUT2D eigenvalue weighted by atomic mass is 9.88. The highest BCUT2D eigenvalue weighted by molar-refractivity contribution is 5.85. The Bertz CT molecular complexity index is 774. The molecular formula is C18H17NO2. The average molecular weight is 279 g/mol. The molecule has 3 aromatic rings. The van der Waals surface area contributed by atoms with Gasteiger partial charge in [-0.3, -0.25) is 4.79 Å². The number of carboxylic acids is 1. The predicted octanol–water partition coefficient (Wildman–Crippen LogP) is 3.78. The molecule has 3 heteroatoms. The van der Waals surface area contributed by atoms with Gasteiger partial charge in [-0.25, -0.2) is 0 Å². The first-order chi connectivity index (χ1) is 10.2. The summed E-state index contributed by atoms with van der Waals surface area (Å²) in [4.78, 5) is 11.3. The van der Waals surface area contributed by atoms with Crippen LogP contribution in [0.1, 0.15) is 23.5 Å². The van der Waals surface area contributed by atoms with Crippen molar-refractivity contribution in [2.45, 2.75) is 12.3 Å². The Labute approximate surface area is 123 Å². The fourth-order valence-corrected chi connectivity index (χ4v) is 2.92. The number of nitrogens with zero attached hydrogens (tertiary/aromatic N) is 1. The van der Waals surface area contributed by atoms with Gasteiger partial charge in [0.2, 0.25) is 0 Å². The number of hydrogen-bond donors (Lipinski definition) is 1. The summed E-state index contributed by atoms with van der Waals surface area (Å²) < 4.78 is 2.06. The van der Waals surface area contributed by atoms with Gasteiger partial charge in [-0.15, -0.1) is 0 Å². The zero-order valence-electron chi connectivity index (χ0n) is 11.9. The Balaban J connectivity index is 2.17. The van der Waals surface area contributed by atoms with Crippen molar-refractivity contribution in [3.05, 3.63) is 71.9 Å². The van der Waals surface area contributed by atoms with E-state index in [1.54, 1.807) is 0 Å². The number of rotatable bonds is 4. The fraction of sp³-hybridized carbons (Fsp3) is 0.167. The summed E-state index contributed by atoms with van der Waals surface area (Å²) in [5, 5.41) is 10.4. The van der Waals surface area contributed by atoms with Crippen LogP contribution in [0.4, 0.5) is 0 Å². The lowest BCUT2D eigenvalue weighted by Crippen LogP contribution is -2.07. The fourth-order valence-electron chi connectivity index (χ4n) is 2.92. The Hall–Kier alpha value is -2.55. The molecule has 0 aliphatic heterocycles. The van der Waals surface area contributed by atoms with Gasteiger partial charge in [-0.05, 0) is 17.2 Å². The summed E-state index contributed by atoms with van der Waals surface area (Å²) in [5.74, 6) is -0.911. The maximum Gasteiger partial charge on any atom is 0.304 e. The van der Waals surface area contributed by atoms with Crippen LogP contribution in [0.2, 0.25) is 0 Å². The molecule has 1 heterocycles. The van der Waals surface area contributed by atoms with Crippen LogP contribution < -0.4 is 0 Å². The van der Waals surface area contributed by atoms with E-state index >= 15 is 0 Å². The summed E-state index contributed by atoms with van der Waals surface area (Å²) in [6, 6.07) is 18.0. The van der Waals surface area contributed by atoms with Gasteiger partial charge < -0.3 is 9.67 Å². The molecule has 0 bridgehead atoms. The highest BCUT2D eigenvalue weighted by atomic mass is 16.4. The van der Waals surface area contributed by atoms with Crippen molar-refractivity contribution in [3.63, 3.8) is 0 Å². The molecule has 106 valence electrons. The summed E-state index contributed by atoms with van der Waals surface area (Å²) >= 11 is 0. The van der Waals surface area contributed by atoms with Crippen LogP contribution in [-0.2, 0) is 11.8 Å². The van der Waals surface area contributed by atoms with Crippen molar-refractivity contribution < 1.29 is 9.90 Å². The second kappa shape index (κ2) is 5.44. The van der Waals surface area contributed by atoms with Gasteiger partial charge in [-0.1, -0.05) is 48.5 Å². The van der Waals surface area contributed by atoms with Crippen LogP contribution in [0.15, 0.2) is 60.8 Å². The molecule has 1 aromatic heterocycles. The molecule has 0 fully saturated rings. The topological polar surface area (TPSA) is 42.2 Å². The van der Waals surface area contributed by atoms with E-state index < -0.39 is 5.97 Å². The van der Waals surface area contributed by atoms with Gasteiger partial charge >= 0.3 is 5.97 Å². The molecule has 0 spiro atoms. The number of hydrogen-bond acceptors (Lipinski definition) is 1. The largest absolute Gasteiger partial charge is 0.481 e. The van der Waals surface area contributed by atoms with E-state index in [0.717, 1.165) is 22.0 Å². The zero-order valence-corrected chi connectivity index (χ0v) is 11.9. The molecule has 21 heavy (non-hydrogen) atoms. The number of aryl methyl sites for hydroxylation is 1. The lowest BCUT2D eigenvalue weighted by Gasteiger charge is -2.15. The summed E-state index contributed by atoms with van der Waals surface area (Å²) in [6.45, 7) is 0. The van der Waals surface area contributed by atoms with Gasteiger partial charge in [0.05, 0.1) is 6.42 Å². The van der Waals surface area contributed by atoms with Gasteiger partial charge in [-0.2, -0.15) is 0 Å². The first-order valence-electron chi connectivity index (χ1n) is 6.97. The third kappa shape index (κ3) is 2.55. The Morgan fingerprint density at radius 3 is 2.48 bits per heavy atom. The number of aliphatic carboxylic acids is 1. The summed E-state index contributed by atoms with van der Waals surface area (Å²) in [7, 11) is 1.99. The van der Waals surface area contributed by atoms with E-state index in [1.165, 1.54) is 0 Å². The molecule has 0 saturated carbocycles. The monoisotopic (exact) mass is 279 g/mol. The Morgan fingerprint density at radius 1 is 1.10 bits per heavy atom. The molecule has 2 aromatic carbocycles. The lowest BCUT2D eigenvalue weighted by molar-refractivity contribution is -0.137. The highest BCUT2D eigenvalue weighted by Crippen LogP contribution is 2.34. The Morgan fingerprint density at radius 2 is 1.76 bits per heavy atom. The smallest absolute Gasteiger partial charge is 0.304 e. The number of carbonyl (C=O) groups is 1. The third-order valence-corrected chi connectivity index (χ3v) is 3.88. The quantitative estimate of drug-likeness (QED) is 0.789. The van der Waals surface area contributed by atoms with E-state index in [1.807, 2.05) is 55.7 Å². The molecule has 1 unspecified atom stereocenters. The zero-order chi connectivity index (χ0) is 14.8. The number of aromatic nitrogens is 1. The van der Waals surface area contributed by atoms with E-state index in [9.17, 15) is 9.90 Å². The van der Waals surface area contributed by atoms with E-state index in [0.29, 0.717) is 0 Å². The Kier molecular flexibility index (Phi) is 3.48. The number of fused-ring (bicyclic) bond motifs is 1. The second-order valence-corrected chi connectivity index (χ2v) is 5.27. The van der Waals surface area contributed by atoms with Crippen molar-refractivity contribution in [1.82, 2.24) is 4.57 Å². The molecule has 3 rings (SSSR count). The maximum atomic E-state index is 11.3. The molecule has 1 N–H and O–H groups in total. The van der Waals surface area contributed by atoms with Crippen LogP contribution >= 0.6 is 0 Å². The highest BCUT2D eigenvalue weighted by Gasteiger charge is 2.21. The number of para-hydroxylation sites is 1. The van der Waals surface area contributed by atoms with Crippen molar-refractivity contribution in [2.24, 2.45) is 7.05 Å². The van der Waals surface area contributed by atoms with Crippen LogP contribution in [0.3, 0.4) is 0 Å². The first kappa shape index (κ1) is 13.4. The van der Waals surface area contributed by atoms with Gasteiger partial charge in [0.25, 0.3) is 0 Å². The third-order valence-electron chi connectivity index (χ3n) is 3.88. The predicted molar refractivity (Wildman–Crippen MR) is 83.5 cm³/mol. The second-order valence-electron chi connectivity index (χ2n) is 5.27. The van der Waals surface area contributed by atoms with Crippen molar-refractivity contribution in [2.75, 3.05) is 0 Å². The van der Waals surface area contributed by atoms with E-state index in [4.69, 9.17) is 0 Å². The normalized spacial score (nSPS) is 12.4. The molecule has 0 aliphatic carbocycles. The van der Waals surface area contributed by atoms with Crippen molar-refractivity contribution >= 4 is 16.9 Å². The summed E-state index contributed by atoms with van der Waals surface area (Å²) in [5.41, 5.74) is 3.23. The summed E-state index contributed by atoms with van der Waals surface area (Å²) in [6.07, 6.45) is 2.14. The molecule has 0 radical (unpaired) electrons. The van der Waals surface area contributed by atoms with Crippen molar-refractivity contribution in [3.8, 4) is 0 Å². The average Bonchev–Trinajstić information content (AvgIpc) is 2.83. The van der Waals surface area contributed by atoms with Crippen LogP contribution in [0.25, 0.3) is 10.9 Å². The molecular weight excluding hydrogens is 262 g/mol. The molecule has 1 atom stereocenters. The van der Waals surface area contributed by atoms with Gasteiger partial charge in [0.15, 0.2) is 0 Å². The first-order valence-corrected chi connectivity index (χ1v) is 6.97.